The second-order valence-electron chi connectivity index (χ2n) is 11.5. The Labute approximate surface area is 241 Å². The van der Waals surface area contributed by atoms with Crippen LogP contribution in [-0.2, 0) is 23.9 Å². The minimum Gasteiger partial charge on any atom is -0.465 e. The molecule has 0 aliphatic carbocycles. The van der Waals surface area contributed by atoms with Gasteiger partial charge in [0, 0.05) is 6.54 Å². The number of amides is 2. The number of anilines is 1. The molecule has 218 valence electrons. The number of esters is 1. The van der Waals surface area contributed by atoms with Gasteiger partial charge < -0.3 is 24.4 Å². The number of benzene rings is 1. The summed E-state index contributed by atoms with van der Waals surface area (Å²) in [6, 6.07) is 5.28. The lowest BCUT2D eigenvalue weighted by molar-refractivity contribution is -0.162. The molecule has 1 aromatic carbocycles. The number of aliphatic hydroxyl groups is 1. The molecule has 3 heterocycles. The normalized spacial score (nSPS) is 31.9. The van der Waals surface area contributed by atoms with Gasteiger partial charge in [-0.1, -0.05) is 63.1 Å². The van der Waals surface area contributed by atoms with E-state index in [2.05, 4.69) is 13.2 Å². The lowest BCUT2D eigenvalue weighted by atomic mass is 9.62. The Kier molecular flexibility index (Phi) is 8.83. The van der Waals surface area contributed by atoms with Crippen LogP contribution in [0.25, 0.3) is 0 Å². The van der Waals surface area contributed by atoms with Crippen LogP contribution in [0, 0.1) is 23.7 Å². The predicted octanol–water partition coefficient (Wildman–Crippen LogP) is 4.40. The van der Waals surface area contributed by atoms with E-state index in [9.17, 15) is 19.5 Å². The molecule has 3 fully saturated rings. The molecule has 3 unspecified atom stereocenters. The molecule has 4 rings (SSSR count). The van der Waals surface area contributed by atoms with Crippen molar-refractivity contribution in [3.8, 4) is 0 Å². The van der Waals surface area contributed by atoms with Crippen molar-refractivity contribution in [2.75, 3.05) is 24.7 Å². The number of hydrogen-bond donors (Lipinski definition) is 1. The third kappa shape index (κ3) is 4.58. The molecule has 8 atom stereocenters. The molecule has 3 saturated heterocycles. The van der Waals surface area contributed by atoms with Crippen LogP contribution >= 0.6 is 11.6 Å². The largest absolute Gasteiger partial charge is 0.465 e. The average Bonchev–Trinajstić information content (AvgIpc) is 3.44. The number of rotatable bonds is 12. The van der Waals surface area contributed by atoms with Crippen LogP contribution in [0.5, 0.6) is 0 Å². The first kappa shape index (κ1) is 30.3. The molecule has 2 bridgehead atoms. The van der Waals surface area contributed by atoms with Gasteiger partial charge in [-0.3, -0.25) is 14.4 Å². The Morgan fingerprint density at radius 2 is 2.02 bits per heavy atom. The van der Waals surface area contributed by atoms with Gasteiger partial charge in [0.2, 0.25) is 5.91 Å². The molecule has 8 nitrogen and oxygen atoms in total. The maximum Gasteiger partial charge on any atom is 0.312 e. The van der Waals surface area contributed by atoms with Gasteiger partial charge in [0.25, 0.3) is 5.91 Å². The maximum atomic E-state index is 14.7. The SMILES string of the molecule is C=CCCOC(=O)[C@H]1[C@H]2C(=O)N([C@@H](CO)[C@@H](C)CC)C(C(=O)N(CC=C)c3ccccc3Cl)C23CC(C)[C@]1(C)O3. The van der Waals surface area contributed by atoms with Gasteiger partial charge in [0.05, 0.1) is 41.5 Å². The van der Waals surface area contributed by atoms with Crippen LogP contribution in [0.2, 0.25) is 5.02 Å². The van der Waals surface area contributed by atoms with E-state index in [1.165, 1.54) is 9.80 Å². The molecule has 1 N–H and O–H groups in total. The van der Waals surface area contributed by atoms with E-state index in [4.69, 9.17) is 21.1 Å². The summed E-state index contributed by atoms with van der Waals surface area (Å²) < 4.78 is 12.4. The van der Waals surface area contributed by atoms with Gasteiger partial charge in [-0.05, 0) is 43.7 Å². The fourth-order valence-electron chi connectivity index (χ4n) is 7.07. The molecule has 1 spiro atoms. The zero-order valence-corrected chi connectivity index (χ0v) is 24.6. The number of hydrogen-bond acceptors (Lipinski definition) is 6. The number of carbonyl (C=O) groups excluding carboxylic acids is 3. The summed E-state index contributed by atoms with van der Waals surface area (Å²) in [5.41, 5.74) is -1.78. The standard InChI is InChI=1S/C31H41ClN2O6/c1-7-10-16-39-29(38)25-24-27(36)34(23(18-35)19(4)9-3)26(31(24)17-20(5)30(25,6)40-31)28(37)33(15-8-2)22-14-12-11-13-21(22)32/h7-8,11-14,19-20,23-26,35H,1-2,9-10,15-18H2,3-6H3/t19-,20?,23-,24-,25+,26?,30-,31?/m0/s1. The number of nitrogens with zero attached hydrogens (tertiary/aromatic N) is 2. The molecular formula is C31H41ClN2O6. The number of aliphatic hydroxyl groups excluding tert-OH is 1. The van der Waals surface area contributed by atoms with E-state index in [0.29, 0.717) is 30.0 Å². The number of likely N-dealkylation sites (tertiary alicyclic amines) is 1. The van der Waals surface area contributed by atoms with E-state index in [0.717, 1.165) is 0 Å². The Morgan fingerprint density at radius 1 is 1.32 bits per heavy atom. The first-order valence-corrected chi connectivity index (χ1v) is 14.5. The minimum atomic E-state index is -1.27. The molecule has 0 saturated carbocycles. The first-order valence-electron chi connectivity index (χ1n) is 14.1. The van der Waals surface area contributed by atoms with Crippen molar-refractivity contribution in [3.05, 3.63) is 54.6 Å². The number of fused-ring (bicyclic) bond motifs is 1. The van der Waals surface area contributed by atoms with Crippen LogP contribution in [0.3, 0.4) is 0 Å². The first-order chi connectivity index (χ1) is 19.0. The summed E-state index contributed by atoms with van der Waals surface area (Å²) in [5, 5.41) is 10.9. The fraction of sp³-hybridized carbons (Fsp3) is 0.581. The van der Waals surface area contributed by atoms with Crippen LogP contribution in [0.15, 0.2) is 49.6 Å². The zero-order chi connectivity index (χ0) is 29.4. The van der Waals surface area contributed by atoms with Crippen LogP contribution in [0.4, 0.5) is 5.69 Å². The quantitative estimate of drug-likeness (QED) is 0.227. The van der Waals surface area contributed by atoms with Gasteiger partial charge in [-0.25, -0.2) is 0 Å². The monoisotopic (exact) mass is 572 g/mol. The van der Waals surface area contributed by atoms with Gasteiger partial charge >= 0.3 is 5.97 Å². The Morgan fingerprint density at radius 3 is 2.62 bits per heavy atom. The summed E-state index contributed by atoms with van der Waals surface area (Å²) in [5.74, 6) is -3.32. The number of ether oxygens (including phenoxy) is 2. The predicted molar refractivity (Wildman–Crippen MR) is 154 cm³/mol. The minimum absolute atomic E-state index is 0.115. The van der Waals surface area contributed by atoms with Gasteiger partial charge in [-0.15, -0.1) is 13.2 Å². The number of para-hydroxylation sites is 1. The summed E-state index contributed by atoms with van der Waals surface area (Å²) in [6.07, 6.45) is 4.83. The molecular weight excluding hydrogens is 532 g/mol. The summed E-state index contributed by atoms with van der Waals surface area (Å²) in [7, 11) is 0. The maximum absolute atomic E-state index is 14.7. The van der Waals surface area contributed by atoms with Gasteiger partial charge in [0.1, 0.15) is 17.6 Å². The molecule has 0 aromatic heterocycles. The smallest absolute Gasteiger partial charge is 0.312 e. The summed E-state index contributed by atoms with van der Waals surface area (Å²) in [6.45, 7) is 15.2. The number of halogens is 1. The molecule has 3 aliphatic heterocycles. The van der Waals surface area contributed by atoms with Crippen molar-refractivity contribution < 1.29 is 29.0 Å². The van der Waals surface area contributed by atoms with Crippen LogP contribution in [0.1, 0.15) is 47.0 Å². The lowest BCUT2D eigenvalue weighted by Crippen LogP contribution is -2.60. The van der Waals surface area contributed by atoms with Crippen molar-refractivity contribution in [2.24, 2.45) is 23.7 Å². The van der Waals surface area contributed by atoms with Crippen molar-refractivity contribution in [2.45, 2.75) is 70.2 Å². The highest BCUT2D eigenvalue weighted by molar-refractivity contribution is 6.34. The molecule has 9 heteroatoms. The zero-order valence-electron chi connectivity index (χ0n) is 23.8. The number of carbonyl (C=O) groups is 3. The Bertz CT molecular complexity index is 1170. The molecule has 1 aromatic rings. The van der Waals surface area contributed by atoms with E-state index in [-0.39, 0.29) is 43.4 Å². The topological polar surface area (TPSA) is 96.4 Å². The van der Waals surface area contributed by atoms with E-state index < -0.39 is 41.1 Å². The highest BCUT2D eigenvalue weighted by Crippen LogP contribution is 2.66. The highest BCUT2D eigenvalue weighted by Gasteiger charge is 2.81. The fourth-order valence-corrected chi connectivity index (χ4v) is 7.31. The molecule has 0 radical (unpaired) electrons. The van der Waals surface area contributed by atoms with Crippen molar-refractivity contribution >= 4 is 35.1 Å². The molecule has 2 amide bonds. The van der Waals surface area contributed by atoms with Crippen molar-refractivity contribution in [1.29, 1.82) is 0 Å². The third-order valence-corrected chi connectivity index (χ3v) is 9.69. The summed E-state index contributed by atoms with van der Waals surface area (Å²) in [4.78, 5) is 45.8. The van der Waals surface area contributed by atoms with Gasteiger partial charge in [-0.2, -0.15) is 0 Å². The van der Waals surface area contributed by atoms with Crippen LogP contribution in [-0.4, -0.2) is 70.8 Å². The highest BCUT2D eigenvalue weighted by atomic mass is 35.5. The average molecular weight is 573 g/mol. The van der Waals surface area contributed by atoms with E-state index in [1.54, 1.807) is 36.4 Å². The van der Waals surface area contributed by atoms with Crippen LogP contribution < -0.4 is 4.90 Å². The lowest BCUT2D eigenvalue weighted by Gasteiger charge is -2.41. The van der Waals surface area contributed by atoms with E-state index in [1.807, 2.05) is 27.7 Å². The van der Waals surface area contributed by atoms with Crippen molar-refractivity contribution in [1.82, 2.24) is 4.90 Å². The third-order valence-electron chi connectivity index (χ3n) is 9.37. The Balaban J connectivity index is 1.88. The van der Waals surface area contributed by atoms with Crippen molar-refractivity contribution in [3.63, 3.8) is 0 Å². The second-order valence-corrected chi connectivity index (χ2v) is 11.9. The van der Waals surface area contributed by atoms with Gasteiger partial charge in [0.15, 0.2) is 0 Å². The Hall–Kier alpha value is -2.68. The van der Waals surface area contributed by atoms with E-state index >= 15 is 0 Å². The summed E-state index contributed by atoms with van der Waals surface area (Å²) >= 11 is 6.54. The second kappa shape index (κ2) is 11.7. The molecule has 3 aliphatic rings. The molecule has 40 heavy (non-hydrogen) atoms.